The zero-order valence-corrected chi connectivity index (χ0v) is 19.6. The number of rotatable bonds is 8. The van der Waals surface area contributed by atoms with Crippen molar-refractivity contribution in [3.05, 3.63) is 53.3 Å². The van der Waals surface area contributed by atoms with Gasteiger partial charge >= 0.3 is 6.03 Å². The summed E-state index contributed by atoms with van der Waals surface area (Å²) in [6, 6.07) is 9.05. The summed E-state index contributed by atoms with van der Waals surface area (Å²) in [6.07, 6.45) is 4.04. The molecule has 0 spiro atoms. The number of para-hydroxylation sites is 1. The van der Waals surface area contributed by atoms with Crippen molar-refractivity contribution in [3.63, 3.8) is 0 Å². The van der Waals surface area contributed by atoms with Gasteiger partial charge in [0.15, 0.2) is 0 Å². The smallest absolute Gasteiger partial charge is 0.324 e. The fourth-order valence-electron chi connectivity index (χ4n) is 4.42. The SMILES string of the molecule is CCc1cccc(CC)c1NC(=O)CN1C(=O)N(c2ccc(C)nc2)C(CC)(CC)C1=O. The number of carbonyl (C=O) groups excluding carboxylic acids is 3. The number of benzene rings is 1. The summed E-state index contributed by atoms with van der Waals surface area (Å²) in [4.78, 5) is 46.7. The molecule has 1 fully saturated rings. The van der Waals surface area contributed by atoms with Crippen molar-refractivity contribution < 1.29 is 14.4 Å². The molecule has 1 aliphatic rings. The first kappa shape index (κ1) is 23.4. The summed E-state index contributed by atoms with van der Waals surface area (Å²) in [5, 5.41) is 2.96. The van der Waals surface area contributed by atoms with Crippen LogP contribution < -0.4 is 10.2 Å². The van der Waals surface area contributed by atoms with E-state index >= 15 is 0 Å². The van der Waals surface area contributed by atoms with Gasteiger partial charge in [0, 0.05) is 11.4 Å². The van der Waals surface area contributed by atoms with Crippen molar-refractivity contribution in [1.29, 1.82) is 0 Å². The minimum Gasteiger partial charge on any atom is -0.324 e. The predicted octanol–water partition coefficient (Wildman–Crippen LogP) is 4.48. The van der Waals surface area contributed by atoms with Crippen molar-refractivity contribution in [3.8, 4) is 0 Å². The van der Waals surface area contributed by atoms with Crippen LogP contribution in [-0.4, -0.2) is 39.8 Å². The number of nitrogens with one attached hydrogen (secondary N) is 1. The van der Waals surface area contributed by atoms with E-state index in [4.69, 9.17) is 0 Å². The van der Waals surface area contributed by atoms with Crippen LogP contribution >= 0.6 is 0 Å². The summed E-state index contributed by atoms with van der Waals surface area (Å²) in [6.45, 7) is 9.37. The minimum atomic E-state index is -1.02. The van der Waals surface area contributed by atoms with Crippen LogP contribution in [0.25, 0.3) is 0 Å². The molecule has 4 amide bonds. The molecule has 1 saturated heterocycles. The second-order valence-electron chi connectivity index (χ2n) is 8.11. The number of aromatic nitrogens is 1. The number of imide groups is 1. The molecule has 7 heteroatoms. The number of urea groups is 1. The molecule has 2 heterocycles. The zero-order chi connectivity index (χ0) is 23.5. The number of hydrogen-bond acceptors (Lipinski definition) is 4. The predicted molar refractivity (Wildman–Crippen MR) is 126 cm³/mol. The van der Waals surface area contributed by atoms with Crippen LogP contribution in [0.2, 0.25) is 0 Å². The second kappa shape index (κ2) is 9.51. The molecule has 2 aromatic rings. The van der Waals surface area contributed by atoms with Crippen LogP contribution in [0.4, 0.5) is 16.2 Å². The third-order valence-corrected chi connectivity index (χ3v) is 6.38. The van der Waals surface area contributed by atoms with Gasteiger partial charge in [0.1, 0.15) is 12.1 Å². The van der Waals surface area contributed by atoms with Gasteiger partial charge in [-0.15, -0.1) is 0 Å². The Morgan fingerprint density at radius 1 is 1.00 bits per heavy atom. The molecule has 0 bridgehead atoms. The van der Waals surface area contributed by atoms with E-state index in [2.05, 4.69) is 10.3 Å². The Hall–Kier alpha value is -3.22. The molecule has 3 rings (SSSR count). The van der Waals surface area contributed by atoms with Crippen LogP contribution in [0.15, 0.2) is 36.5 Å². The van der Waals surface area contributed by atoms with Gasteiger partial charge in [0.25, 0.3) is 5.91 Å². The Labute approximate surface area is 189 Å². The van der Waals surface area contributed by atoms with Crippen molar-refractivity contribution in [1.82, 2.24) is 9.88 Å². The largest absolute Gasteiger partial charge is 0.332 e. The number of anilines is 2. The Morgan fingerprint density at radius 3 is 2.12 bits per heavy atom. The normalized spacial score (nSPS) is 15.4. The van der Waals surface area contributed by atoms with E-state index in [1.165, 1.54) is 4.90 Å². The van der Waals surface area contributed by atoms with Crippen LogP contribution in [0, 0.1) is 6.92 Å². The van der Waals surface area contributed by atoms with E-state index in [0.29, 0.717) is 18.5 Å². The average Bonchev–Trinajstić information content (AvgIpc) is 3.01. The van der Waals surface area contributed by atoms with E-state index in [-0.39, 0.29) is 18.4 Å². The number of nitrogens with zero attached hydrogens (tertiary/aromatic N) is 3. The van der Waals surface area contributed by atoms with Crippen LogP contribution in [0.5, 0.6) is 0 Å². The first-order chi connectivity index (χ1) is 15.3. The summed E-state index contributed by atoms with van der Waals surface area (Å²) in [5.41, 5.74) is 3.19. The third kappa shape index (κ3) is 3.99. The van der Waals surface area contributed by atoms with Gasteiger partial charge in [-0.1, -0.05) is 45.9 Å². The highest BCUT2D eigenvalue weighted by atomic mass is 16.2. The Kier molecular flexibility index (Phi) is 6.96. The Balaban J connectivity index is 1.90. The first-order valence-corrected chi connectivity index (χ1v) is 11.3. The van der Waals surface area contributed by atoms with Gasteiger partial charge in [-0.2, -0.15) is 0 Å². The molecule has 0 unspecified atom stereocenters. The minimum absolute atomic E-state index is 0.323. The van der Waals surface area contributed by atoms with E-state index in [9.17, 15) is 14.4 Å². The average molecular weight is 437 g/mol. The van der Waals surface area contributed by atoms with Gasteiger partial charge in [0.05, 0.1) is 11.9 Å². The van der Waals surface area contributed by atoms with Crippen molar-refractivity contribution in [2.24, 2.45) is 0 Å². The lowest BCUT2D eigenvalue weighted by Crippen LogP contribution is -2.49. The lowest BCUT2D eigenvalue weighted by Gasteiger charge is -2.33. The summed E-state index contributed by atoms with van der Waals surface area (Å²) >= 11 is 0. The molecule has 0 saturated carbocycles. The molecule has 0 aliphatic carbocycles. The standard InChI is InChI=1S/C25H32N4O3/c1-6-18-11-10-12-19(7-2)22(18)27-21(30)16-28-23(31)25(8-3,9-4)29(24(28)32)20-14-13-17(5)26-15-20/h10-15H,6-9,16H2,1-5H3,(H,27,30). The molecule has 1 N–H and O–H groups in total. The number of aryl methyl sites for hydroxylation is 3. The number of carbonyl (C=O) groups is 3. The summed E-state index contributed by atoms with van der Waals surface area (Å²) < 4.78 is 0. The van der Waals surface area contributed by atoms with Crippen molar-refractivity contribution in [2.75, 3.05) is 16.8 Å². The summed E-state index contributed by atoms with van der Waals surface area (Å²) in [7, 11) is 0. The molecule has 1 aromatic carbocycles. The van der Waals surface area contributed by atoms with Gasteiger partial charge < -0.3 is 5.32 Å². The monoisotopic (exact) mass is 436 g/mol. The van der Waals surface area contributed by atoms with Crippen LogP contribution in [0.3, 0.4) is 0 Å². The molecule has 7 nitrogen and oxygen atoms in total. The van der Waals surface area contributed by atoms with Gasteiger partial charge in [-0.05, 0) is 55.9 Å². The highest BCUT2D eigenvalue weighted by molar-refractivity contribution is 6.18. The molecule has 1 aromatic heterocycles. The molecule has 32 heavy (non-hydrogen) atoms. The highest BCUT2D eigenvalue weighted by Crippen LogP contribution is 2.38. The third-order valence-electron chi connectivity index (χ3n) is 6.38. The van der Waals surface area contributed by atoms with Gasteiger partial charge in [-0.25, -0.2) is 4.79 Å². The van der Waals surface area contributed by atoms with E-state index in [0.717, 1.165) is 40.2 Å². The maximum absolute atomic E-state index is 13.4. The highest BCUT2D eigenvalue weighted by Gasteiger charge is 2.56. The Morgan fingerprint density at radius 2 is 1.62 bits per heavy atom. The maximum atomic E-state index is 13.4. The molecule has 0 radical (unpaired) electrons. The maximum Gasteiger partial charge on any atom is 0.332 e. The number of pyridine rings is 1. The first-order valence-electron chi connectivity index (χ1n) is 11.3. The molecule has 0 atom stereocenters. The second-order valence-corrected chi connectivity index (χ2v) is 8.11. The zero-order valence-electron chi connectivity index (χ0n) is 19.6. The topological polar surface area (TPSA) is 82.6 Å². The van der Waals surface area contributed by atoms with E-state index in [1.54, 1.807) is 12.3 Å². The van der Waals surface area contributed by atoms with E-state index in [1.807, 2.05) is 58.9 Å². The van der Waals surface area contributed by atoms with Crippen LogP contribution in [0.1, 0.15) is 57.4 Å². The van der Waals surface area contributed by atoms with Crippen molar-refractivity contribution >= 4 is 29.2 Å². The summed E-state index contributed by atoms with van der Waals surface area (Å²) in [5.74, 6) is -0.727. The molecule has 1 aliphatic heterocycles. The van der Waals surface area contributed by atoms with Gasteiger partial charge in [-0.3, -0.25) is 24.4 Å². The lowest BCUT2D eigenvalue weighted by atomic mass is 9.90. The number of hydrogen-bond donors (Lipinski definition) is 1. The fourth-order valence-corrected chi connectivity index (χ4v) is 4.42. The molecule has 170 valence electrons. The Bertz CT molecular complexity index is 990. The lowest BCUT2D eigenvalue weighted by molar-refractivity contribution is -0.133. The van der Waals surface area contributed by atoms with Crippen molar-refractivity contribution in [2.45, 2.75) is 65.8 Å². The fraction of sp³-hybridized carbons (Fsp3) is 0.440. The quantitative estimate of drug-likeness (QED) is 0.619. The molecular weight excluding hydrogens is 404 g/mol. The number of amides is 4. The van der Waals surface area contributed by atoms with Gasteiger partial charge in [0.2, 0.25) is 5.91 Å². The van der Waals surface area contributed by atoms with E-state index < -0.39 is 11.6 Å². The van der Waals surface area contributed by atoms with Crippen LogP contribution in [-0.2, 0) is 22.4 Å². The molecular formula is C25H32N4O3.